The van der Waals surface area contributed by atoms with E-state index < -0.39 is 11.1 Å². The summed E-state index contributed by atoms with van der Waals surface area (Å²) >= 11 is 0. The molecule has 17 heavy (non-hydrogen) atoms. The van der Waals surface area contributed by atoms with Crippen LogP contribution in [0.3, 0.4) is 0 Å². The molecule has 0 saturated carbocycles. The van der Waals surface area contributed by atoms with Crippen LogP contribution in [0, 0.1) is 16.0 Å². The van der Waals surface area contributed by atoms with Crippen molar-refractivity contribution >= 4 is 5.91 Å². The molecule has 0 aromatic rings. The molecule has 98 valence electrons. The molecule has 1 fully saturated rings. The average Bonchev–Trinajstić information content (AvgIpc) is 2.28. The molecule has 0 spiro atoms. The van der Waals surface area contributed by atoms with Crippen LogP contribution < -0.4 is 5.73 Å². The molecule has 1 saturated heterocycles. The molecule has 1 atom stereocenters. The standard InChI is InChI=1S/C10H19N3O4/c1-8(11)10(14)12-5-2-9(3-6-12)4-7-17-13(15)16/h8-9H,2-7,11H2,1H3/t8-/m0/s1. The predicted octanol–water partition coefficient (Wildman–Crippen LogP) is 0.171. The summed E-state index contributed by atoms with van der Waals surface area (Å²) in [7, 11) is 0. The van der Waals surface area contributed by atoms with E-state index in [1.54, 1.807) is 11.8 Å². The fraction of sp³-hybridized carbons (Fsp3) is 0.900. The van der Waals surface area contributed by atoms with Gasteiger partial charge in [0.25, 0.3) is 5.09 Å². The molecular formula is C10H19N3O4. The highest BCUT2D eigenvalue weighted by molar-refractivity contribution is 5.81. The van der Waals surface area contributed by atoms with Crippen molar-refractivity contribution < 1.29 is 14.7 Å². The minimum Gasteiger partial charge on any atom is -0.341 e. The third kappa shape index (κ3) is 4.56. The number of hydrogen-bond acceptors (Lipinski definition) is 5. The smallest absolute Gasteiger partial charge is 0.294 e. The van der Waals surface area contributed by atoms with Crippen LogP contribution in [0.2, 0.25) is 0 Å². The van der Waals surface area contributed by atoms with E-state index in [2.05, 4.69) is 4.84 Å². The molecule has 0 bridgehead atoms. The first kappa shape index (κ1) is 13.7. The third-order valence-electron chi connectivity index (χ3n) is 3.04. The quantitative estimate of drug-likeness (QED) is 0.550. The third-order valence-corrected chi connectivity index (χ3v) is 3.04. The number of carbonyl (C=O) groups is 1. The monoisotopic (exact) mass is 245 g/mol. The lowest BCUT2D eigenvalue weighted by Gasteiger charge is -2.32. The Morgan fingerprint density at radius 2 is 2.18 bits per heavy atom. The van der Waals surface area contributed by atoms with E-state index in [4.69, 9.17) is 5.73 Å². The summed E-state index contributed by atoms with van der Waals surface area (Å²) in [5, 5.41) is 9.20. The van der Waals surface area contributed by atoms with E-state index in [0.29, 0.717) is 25.4 Å². The fourth-order valence-electron chi connectivity index (χ4n) is 2.02. The normalized spacial score (nSPS) is 18.8. The minimum atomic E-state index is -0.769. The van der Waals surface area contributed by atoms with Gasteiger partial charge in [0, 0.05) is 13.1 Å². The maximum atomic E-state index is 11.6. The largest absolute Gasteiger partial charge is 0.341 e. The van der Waals surface area contributed by atoms with Gasteiger partial charge in [0.15, 0.2) is 0 Å². The second kappa shape index (κ2) is 6.39. The zero-order chi connectivity index (χ0) is 12.8. The second-order valence-corrected chi connectivity index (χ2v) is 4.40. The van der Waals surface area contributed by atoms with Crippen molar-refractivity contribution in [3.8, 4) is 0 Å². The molecule has 0 aromatic carbocycles. The number of piperidine rings is 1. The zero-order valence-electron chi connectivity index (χ0n) is 10.0. The lowest BCUT2D eigenvalue weighted by molar-refractivity contribution is -0.758. The lowest BCUT2D eigenvalue weighted by Crippen LogP contribution is -2.46. The van der Waals surface area contributed by atoms with Crippen LogP contribution in [-0.4, -0.2) is 41.6 Å². The number of nitrogens with zero attached hydrogens (tertiary/aromatic N) is 2. The Bertz CT molecular complexity index is 275. The summed E-state index contributed by atoms with van der Waals surface area (Å²) in [6.07, 6.45) is 2.39. The van der Waals surface area contributed by atoms with Crippen molar-refractivity contribution in [3.63, 3.8) is 0 Å². The summed E-state index contributed by atoms with van der Waals surface area (Å²) in [5.74, 6) is 0.372. The van der Waals surface area contributed by atoms with Crippen molar-refractivity contribution in [2.75, 3.05) is 19.7 Å². The second-order valence-electron chi connectivity index (χ2n) is 4.40. The molecule has 1 heterocycles. The van der Waals surface area contributed by atoms with Gasteiger partial charge in [-0.05, 0) is 32.1 Å². The molecular weight excluding hydrogens is 226 g/mol. The van der Waals surface area contributed by atoms with E-state index in [9.17, 15) is 14.9 Å². The summed E-state index contributed by atoms with van der Waals surface area (Å²) < 4.78 is 0. The number of nitrogens with two attached hydrogens (primary N) is 1. The molecule has 1 aliphatic rings. The van der Waals surface area contributed by atoms with Gasteiger partial charge in [-0.15, -0.1) is 10.1 Å². The van der Waals surface area contributed by atoms with Gasteiger partial charge in [-0.25, -0.2) is 0 Å². The molecule has 1 amide bonds. The minimum absolute atomic E-state index is 0.0232. The average molecular weight is 245 g/mol. The molecule has 0 aliphatic carbocycles. The Morgan fingerprint density at radius 3 is 2.65 bits per heavy atom. The lowest BCUT2D eigenvalue weighted by atomic mass is 9.93. The zero-order valence-corrected chi connectivity index (χ0v) is 10.0. The van der Waals surface area contributed by atoms with Crippen LogP contribution >= 0.6 is 0 Å². The molecule has 1 rings (SSSR count). The van der Waals surface area contributed by atoms with E-state index >= 15 is 0 Å². The predicted molar refractivity (Wildman–Crippen MR) is 60.5 cm³/mol. The summed E-state index contributed by atoms with van der Waals surface area (Å²) in [4.78, 5) is 27.6. The van der Waals surface area contributed by atoms with Gasteiger partial charge in [-0.1, -0.05) is 0 Å². The van der Waals surface area contributed by atoms with Gasteiger partial charge in [-0.3, -0.25) is 4.79 Å². The Balaban J connectivity index is 2.21. The number of hydrogen-bond donors (Lipinski definition) is 1. The summed E-state index contributed by atoms with van der Waals surface area (Å²) in [5.41, 5.74) is 5.53. The Hall–Kier alpha value is -1.37. The maximum Gasteiger partial charge on any atom is 0.294 e. The number of rotatable bonds is 5. The molecule has 0 aromatic heterocycles. The van der Waals surface area contributed by atoms with Crippen molar-refractivity contribution in [1.29, 1.82) is 0 Å². The van der Waals surface area contributed by atoms with Crippen molar-refractivity contribution in [3.05, 3.63) is 10.1 Å². The van der Waals surface area contributed by atoms with Crippen LogP contribution in [0.25, 0.3) is 0 Å². The van der Waals surface area contributed by atoms with E-state index in [0.717, 1.165) is 12.8 Å². The molecule has 0 unspecified atom stereocenters. The van der Waals surface area contributed by atoms with E-state index in [-0.39, 0.29) is 12.5 Å². The van der Waals surface area contributed by atoms with Crippen LogP contribution in [0.5, 0.6) is 0 Å². The number of carbonyl (C=O) groups excluding carboxylic acids is 1. The van der Waals surface area contributed by atoms with E-state index in [1.807, 2.05) is 0 Å². The molecule has 0 radical (unpaired) electrons. The molecule has 1 aliphatic heterocycles. The van der Waals surface area contributed by atoms with Crippen LogP contribution in [0.15, 0.2) is 0 Å². The highest BCUT2D eigenvalue weighted by Gasteiger charge is 2.24. The van der Waals surface area contributed by atoms with Gasteiger partial charge in [0.2, 0.25) is 5.91 Å². The summed E-state index contributed by atoms with van der Waals surface area (Å²) in [6, 6.07) is -0.454. The van der Waals surface area contributed by atoms with Gasteiger partial charge in [-0.2, -0.15) is 0 Å². The van der Waals surface area contributed by atoms with Crippen molar-refractivity contribution in [1.82, 2.24) is 4.90 Å². The van der Waals surface area contributed by atoms with Crippen LogP contribution in [-0.2, 0) is 9.63 Å². The molecule has 7 nitrogen and oxygen atoms in total. The van der Waals surface area contributed by atoms with Gasteiger partial charge < -0.3 is 15.5 Å². The number of amides is 1. The summed E-state index contributed by atoms with van der Waals surface area (Å²) in [6.45, 7) is 3.19. The Morgan fingerprint density at radius 1 is 1.59 bits per heavy atom. The first-order chi connectivity index (χ1) is 8.00. The van der Waals surface area contributed by atoms with Gasteiger partial charge >= 0.3 is 0 Å². The Labute approximate surface area is 100.0 Å². The first-order valence-electron chi connectivity index (χ1n) is 5.82. The maximum absolute atomic E-state index is 11.6. The van der Waals surface area contributed by atoms with Crippen molar-refractivity contribution in [2.45, 2.75) is 32.2 Å². The topological polar surface area (TPSA) is 98.7 Å². The van der Waals surface area contributed by atoms with Crippen LogP contribution in [0.1, 0.15) is 26.2 Å². The van der Waals surface area contributed by atoms with Gasteiger partial charge in [0.05, 0.1) is 12.6 Å². The first-order valence-corrected chi connectivity index (χ1v) is 5.82. The fourth-order valence-corrected chi connectivity index (χ4v) is 2.02. The molecule has 7 heteroatoms. The van der Waals surface area contributed by atoms with Crippen molar-refractivity contribution in [2.24, 2.45) is 11.7 Å². The van der Waals surface area contributed by atoms with Gasteiger partial charge in [0.1, 0.15) is 0 Å². The Kier molecular flexibility index (Phi) is 5.14. The van der Waals surface area contributed by atoms with E-state index in [1.165, 1.54) is 0 Å². The molecule has 2 N–H and O–H groups in total. The SMILES string of the molecule is C[C@H](N)C(=O)N1CCC(CCO[N+](=O)[O-])CC1. The number of likely N-dealkylation sites (tertiary alicyclic amines) is 1. The highest BCUT2D eigenvalue weighted by Crippen LogP contribution is 2.20. The van der Waals surface area contributed by atoms with Crippen LogP contribution in [0.4, 0.5) is 0 Å². The highest BCUT2D eigenvalue weighted by atomic mass is 16.9.